The van der Waals surface area contributed by atoms with Gasteiger partial charge in [-0.2, -0.15) is 0 Å². The van der Waals surface area contributed by atoms with E-state index in [0.717, 1.165) is 30.8 Å². The molecule has 0 aliphatic carbocycles. The van der Waals surface area contributed by atoms with Crippen molar-refractivity contribution in [3.05, 3.63) is 35.9 Å². The molecule has 0 spiro atoms. The van der Waals surface area contributed by atoms with Gasteiger partial charge in [-0.3, -0.25) is 4.79 Å². The molecule has 0 radical (unpaired) electrons. The van der Waals surface area contributed by atoms with Gasteiger partial charge in [-0.25, -0.2) is 0 Å². The van der Waals surface area contributed by atoms with Crippen LogP contribution >= 0.6 is 0 Å². The first-order chi connectivity index (χ1) is 8.72. The molecule has 0 aliphatic heterocycles. The zero-order valence-electron chi connectivity index (χ0n) is 11.1. The van der Waals surface area contributed by atoms with E-state index in [0.29, 0.717) is 6.54 Å². The van der Waals surface area contributed by atoms with Gasteiger partial charge in [0.1, 0.15) is 5.75 Å². The molecule has 0 fully saturated rings. The Labute approximate surface area is 109 Å². The van der Waals surface area contributed by atoms with Crippen molar-refractivity contribution >= 4 is 12.0 Å². The summed E-state index contributed by atoms with van der Waals surface area (Å²) in [4.78, 5) is 10.7. The first kappa shape index (κ1) is 14.3. The van der Waals surface area contributed by atoms with E-state index in [9.17, 15) is 4.79 Å². The summed E-state index contributed by atoms with van der Waals surface area (Å²) in [5.41, 5.74) is 1.12. The normalized spacial score (nSPS) is 10.6. The predicted octanol–water partition coefficient (Wildman–Crippen LogP) is 3.01. The van der Waals surface area contributed by atoms with E-state index in [1.54, 1.807) is 0 Å². The van der Waals surface area contributed by atoms with Gasteiger partial charge < -0.3 is 10.1 Å². The lowest BCUT2D eigenvalue weighted by atomic mass is 10.2. The maximum Gasteiger partial charge on any atom is 0.216 e. The van der Waals surface area contributed by atoms with Crippen molar-refractivity contribution in [3.63, 3.8) is 0 Å². The van der Waals surface area contributed by atoms with Gasteiger partial charge in [-0.1, -0.05) is 31.2 Å². The first-order valence-electron chi connectivity index (χ1n) is 6.36. The summed E-state index contributed by atoms with van der Waals surface area (Å²) >= 11 is 0. The fourth-order valence-electron chi connectivity index (χ4n) is 1.48. The van der Waals surface area contributed by atoms with Gasteiger partial charge in [0.05, 0.1) is 6.61 Å². The highest BCUT2D eigenvalue weighted by atomic mass is 16.5. The highest BCUT2D eigenvalue weighted by Crippen LogP contribution is 2.14. The van der Waals surface area contributed by atoms with Crippen LogP contribution in [-0.4, -0.2) is 19.1 Å². The van der Waals surface area contributed by atoms with E-state index < -0.39 is 0 Å². The quantitative estimate of drug-likeness (QED) is 0.752. The van der Waals surface area contributed by atoms with Gasteiger partial charge in [-0.05, 0) is 30.5 Å². The van der Waals surface area contributed by atoms with Crippen LogP contribution in [0.15, 0.2) is 30.3 Å². The second-order valence-electron chi connectivity index (χ2n) is 4.09. The van der Waals surface area contributed by atoms with E-state index in [-0.39, 0.29) is 5.91 Å². The summed E-state index contributed by atoms with van der Waals surface area (Å²) in [7, 11) is 0. The Hall–Kier alpha value is -1.77. The van der Waals surface area contributed by atoms with Crippen molar-refractivity contribution in [1.82, 2.24) is 5.32 Å². The van der Waals surface area contributed by atoms with Crippen LogP contribution in [0.4, 0.5) is 0 Å². The van der Waals surface area contributed by atoms with Gasteiger partial charge in [0, 0.05) is 13.5 Å². The number of nitrogens with one attached hydrogen (secondary N) is 1. The molecule has 3 nitrogen and oxygen atoms in total. The molecule has 3 heteroatoms. The van der Waals surface area contributed by atoms with Crippen molar-refractivity contribution in [2.45, 2.75) is 26.7 Å². The average molecular weight is 247 g/mol. The molecule has 0 aliphatic rings. The lowest BCUT2D eigenvalue weighted by Crippen LogP contribution is -2.20. The molecular formula is C15H21NO2. The molecule has 1 rings (SSSR count). The smallest absolute Gasteiger partial charge is 0.216 e. The topological polar surface area (TPSA) is 38.3 Å². The van der Waals surface area contributed by atoms with Crippen LogP contribution in [0.3, 0.4) is 0 Å². The van der Waals surface area contributed by atoms with Gasteiger partial charge in [-0.15, -0.1) is 0 Å². The SMILES string of the molecule is CCCOc1cccc(C=CCCNC(C)=O)c1. The molecule has 1 aromatic rings. The predicted molar refractivity (Wildman–Crippen MR) is 74.6 cm³/mol. The third kappa shape index (κ3) is 6.09. The van der Waals surface area contributed by atoms with E-state index in [1.165, 1.54) is 6.92 Å². The summed E-state index contributed by atoms with van der Waals surface area (Å²) in [6, 6.07) is 8.00. The monoisotopic (exact) mass is 247 g/mol. The van der Waals surface area contributed by atoms with Crippen LogP contribution in [-0.2, 0) is 4.79 Å². The molecule has 98 valence electrons. The fourth-order valence-corrected chi connectivity index (χ4v) is 1.48. The third-order valence-corrected chi connectivity index (χ3v) is 2.33. The second kappa shape index (κ2) is 8.34. The number of hydrogen-bond acceptors (Lipinski definition) is 2. The maximum absolute atomic E-state index is 10.7. The Kier molecular flexibility index (Phi) is 6.62. The van der Waals surface area contributed by atoms with Crippen LogP contribution in [0, 0.1) is 0 Å². The fraction of sp³-hybridized carbons (Fsp3) is 0.400. The van der Waals surface area contributed by atoms with Crippen LogP contribution in [0.25, 0.3) is 6.08 Å². The summed E-state index contributed by atoms with van der Waals surface area (Å²) < 4.78 is 5.56. The number of hydrogen-bond donors (Lipinski definition) is 1. The Morgan fingerprint density at radius 2 is 2.28 bits per heavy atom. The van der Waals surface area contributed by atoms with Crippen molar-refractivity contribution in [2.24, 2.45) is 0 Å². The molecule has 0 saturated carbocycles. The Morgan fingerprint density at radius 3 is 3.00 bits per heavy atom. The molecule has 1 aromatic carbocycles. The number of ether oxygens (including phenoxy) is 1. The molecular weight excluding hydrogens is 226 g/mol. The van der Waals surface area contributed by atoms with Crippen molar-refractivity contribution in [2.75, 3.05) is 13.2 Å². The lowest BCUT2D eigenvalue weighted by molar-refractivity contribution is -0.118. The Bertz CT molecular complexity index is 399. The van der Waals surface area contributed by atoms with E-state index in [2.05, 4.69) is 18.3 Å². The van der Waals surface area contributed by atoms with Gasteiger partial charge in [0.15, 0.2) is 0 Å². The highest BCUT2D eigenvalue weighted by molar-refractivity contribution is 5.72. The minimum Gasteiger partial charge on any atom is -0.494 e. The number of carbonyl (C=O) groups excluding carboxylic acids is 1. The van der Waals surface area contributed by atoms with Crippen molar-refractivity contribution in [3.8, 4) is 5.75 Å². The summed E-state index contributed by atoms with van der Waals surface area (Å²) in [5, 5.41) is 2.76. The Morgan fingerprint density at radius 1 is 1.44 bits per heavy atom. The average Bonchev–Trinajstić information content (AvgIpc) is 2.36. The Balaban J connectivity index is 2.41. The summed E-state index contributed by atoms with van der Waals surface area (Å²) in [5.74, 6) is 0.916. The summed E-state index contributed by atoms with van der Waals surface area (Å²) in [6.07, 6.45) is 5.94. The van der Waals surface area contributed by atoms with E-state index >= 15 is 0 Å². The van der Waals surface area contributed by atoms with Crippen molar-refractivity contribution in [1.29, 1.82) is 0 Å². The molecule has 1 amide bonds. The number of amides is 1. The van der Waals surface area contributed by atoms with Gasteiger partial charge in [0.25, 0.3) is 0 Å². The third-order valence-electron chi connectivity index (χ3n) is 2.33. The van der Waals surface area contributed by atoms with Crippen LogP contribution in [0.1, 0.15) is 32.3 Å². The largest absolute Gasteiger partial charge is 0.494 e. The van der Waals surface area contributed by atoms with Crippen molar-refractivity contribution < 1.29 is 9.53 Å². The maximum atomic E-state index is 10.7. The molecule has 0 unspecified atom stereocenters. The minimum absolute atomic E-state index is 0.0124. The highest BCUT2D eigenvalue weighted by Gasteiger charge is 1.93. The molecule has 18 heavy (non-hydrogen) atoms. The van der Waals surface area contributed by atoms with Gasteiger partial charge >= 0.3 is 0 Å². The van der Waals surface area contributed by atoms with Crippen LogP contribution in [0.5, 0.6) is 5.75 Å². The number of carbonyl (C=O) groups is 1. The minimum atomic E-state index is 0.0124. The van der Waals surface area contributed by atoms with E-state index in [4.69, 9.17) is 4.74 Å². The molecule has 0 saturated heterocycles. The summed E-state index contributed by atoms with van der Waals surface area (Å²) in [6.45, 7) is 5.04. The number of rotatable bonds is 7. The molecule has 0 atom stereocenters. The van der Waals surface area contributed by atoms with E-state index in [1.807, 2.05) is 30.3 Å². The second-order valence-corrected chi connectivity index (χ2v) is 4.09. The zero-order valence-corrected chi connectivity index (χ0v) is 11.1. The molecule has 0 bridgehead atoms. The first-order valence-corrected chi connectivity index (χ1v) is 6.36. The standard InChI is InChI=1S/C15H21NO2/c1-3-11-18-15-9-6-8-14(12-15)7-4-5-10-16-13(2)17/h4,6-9,12H,3,5,10-11H2,1-2H3,(H,16,17). The van der Waals surface area contributed by atoms with Crippen LogP contribution in [0.2, 0.25) is 0 Å². The van der Waals surface area contributed by atoms with Gasteiger partial charge in [0.2, 0.25) is 5.91 Å². The molecule has 0 aromatic heterocycles. The molecule has 0 heterocycles. The number of benzene rings is 1. The lowest BCUT2D eigenvalue weighted by Gasteiger charge is -2.04. The van der Waals surface area contributed by atoms with Crippen LogP contribution < -0.4 is 10.1 Å². The zero-order chi connectivity index (χ0) is 13.2. The molecule has 1 N–H and O–H groups in total.